The number of anilines is 1. The van der Waals surface area contributed by atoms with Crippen LogP contribution in [-0.2, 0) is 0 Å². The van der Waals surface area contributed by atoms with E-state index in [1.165, 1.54) is 42.2 Å². The zero-order chi connectivity index (χ0) is 16.5. The molecule has 0 spiro atoms. The Morgan fingerprint density at radius 1 is 0.840 bits per heavy atom. The molecule has 120 valence electrons. The van der Waals surface area contributed by atoms with E-state index in [1.807, 2.05) is 11.3 Å². The molecular formula is C23H17NS. The third-order valence-corrected chi connectivity index (χ3v) is 6.97. The molecular weight excluding hydrogens is 322 g/mol. The van der Waals surface area contributed by atoms with Gasteiger partial charge < -0.3 is 4.90 Å². The van der Waals surface area contributed by atoms with Crippen molar-refractivity contribution in [3.8, 4) is 0 Å². The Hall–Kier alpha value is -2.58. The number of benzene rings is 3. The molecule has 25 heavy (non-hydrogen) atoms. The number of hydrogen-bond acceptors (Lipinski definition) is 2. The zero-order valence-electron chi connectivity index (χ0n) is 13.9. The maximum Gasteiger partial charge on any atom is 0.0598 e. The Balaban J connectivity index is 1.89. The van der Waals surface area contributed by atoms with Crippen LogP contribution < -0.4 is 4.90 Å². The Labute approximate surface area is 150 Å². The van der Waals surface area contributed by atoms with E-state index in [0.717, 1.165) is 0 Å². The number of rotatable bonds is 0. The maximum atomic E-state index is 2.49. The van der Waals surface area contributed by atoms with Crippen molar-refractivity contribution in [3.05, 3.63) is 78.4 Å². The van der Waals surface area contributed by atoms with Gasteiger partial charge in [0, 0.05) is 28.4 Å². The molecule has 1 aromatic heterocycles. The third kappa shape index (κ3) is 1.63. The van der Waals surface area contributed by atoms with Gasteiger partial charge in [-0.3, -0.25) is 0 Å². The lowest BCUT2D eigenvalue weighted by Crippen LogP contribution is -2.28. The van der Waals surface area contributed by atoms with E-state index in [9.17, 15) is 0 Å². The summed E-state index contributed by atoms with van der Waals surface area (Å²) < 4.78 is 2.82. The van der Waals surface area contributed by atoms with E-state index in [0.29, 0.717) is 12.0 Å². The van der Waals surface area contributed by atoms with Crippen LogP contribution in [0.3, 0.4) is 0 Å². The number of hydrogen-bond donors (Lipinski definition) is 0. The van der Waals surface area contributed by atoms with Crippen molar-refractivity contribution in [2.75, 3.05) is 11.9 Å². The molecule has 1 nitrogen and oxygen atoms in total. The number of thiophene rings is 1. The van der Waals surface area contributed by atoms with Crippen LogP contribution in [-0.4, -0.2) is 13.1 Å². The van der Waals surface area contributed by atoms with Gasteiger partial charge in [0.25, 0.3) is 0 Å². The predicted molar refractivity (Wildman–Crippen MR) is 110 cm³/mol. The molecule has 2 heterocycles. The Morgan fingerprint density at radius 3 is 2.44 bits per heavy atom. The summed E-state index contributed by atoms with van der Waals surface area (Å²) in [5, 5.41) is 5.61. The summed E-state index contributed by atoms with van der Waals surface area (Å²) in [7, 11) is 2.26. The minimum absolute atomic E-state index is 0.430. The standard InChI is InChI=1S/C23H17NS/c1-24-18-12-6-4-10-16(18)20-14-8-2-3-9-15(14)21-17-11-5-7-13-19(17)25-23(21)22(20)24/h2-13,16,18H,1H3. The summed E-state index contributed by atoms with van der Waals surface area (Å²) >= 11 is 1.94. The van der Waals surface area contributed by atoms with Crippen LogP contribution in [0.1, 0.15) is 11.5 Å². The molecule has 0 N–H and O–H groups in total. The molecule has 6 rings (SSSR count). The van der Waals surface area contributed by atoms with Gasteiger partial charge in [-0.15, -0.1) is 11.3 Å². The van der Waals surface area contributed by atoms with Crippen LogP contribution in [0.15, 0.2) is 72.8 Å². The molecule has 0 fully saturated rings. The molecule has 0 radical (unpaired) electrons. The van der Waals surface area contributed by atoms with E-state index in [4.69, 9.17) is 0 Å². The molecule has 2 atom stereocenters. The largest absolute Gasteiger partial charge is 0.366 e. The quantitative estimate of drug-likeness (QED) is 0.367. The van der Waals surface area contributed by atoms with Crippen LogP contribution in [0.25, 0.3) is 30.9 Å². The lowest BCUT2D eigenvalue weighted by Gasteiger charge is -2.24. The van der Waals surface area contributed by atoms with Crippen molar-refractivity contribution in [2.45, 2.75) is 12.0 Å². The van der Waals surface area contributed by atoms with Crippen molar-refractivity contribution < 1.29 is 0 Å². The lowest BCUT2D eigenvalue weighted by molar-refractivity contribution is 0.726. The van der Waals surface area contributed by atoms with Gasteiger partial charge in [0.1, 0.15) is 0 Å². The molecule has 4 aromatic rings. The highest BCUT2D eigenvalue weighted by Crippen LogP contribution is 2.54. The first-order valence-electron chi connectivity index (χ1n) is 8.78. The topological polar surface area (TPSA) is 3.24 Å². The van der Waals surface area contributed by atoms with Crippen LogP contribution in [0, 0.1) is 0 Å². The van der Waals surface area contributed by atoms with E-state index in [1.54, 1.807) is 0 Å². The van der Waals surface area contributed by atoms with E-state index < -0.39 is 0 Å². The van der Waals surface area contributed by atoms with E-state index >= 15 is 0 Å². The van der Waals surface area contributed by atoms with Gasteiger partial charge >= 0.3 is 0 Å². The second kappa shape index (κ2) is 4.74. The summed E-state index contributed by atoms with van der Waals surface area (Å²) in [6.45, 7) is 0. The molecule has 1 aliphatic heterocycles. The van der Waals surface area contributed by atoms with Crippen molar-refractivity contribution >= 4 is 48.0 Å². The van der Waals surface area contributed by atoms with Gasteiger partial charge in [0.05, 0.1) is 16.4 Å². The fourth-order valence-corrected chi connectivity index (χ4v) is 6.05. The van der Waals surface area contributed by atoms with Gasteiger partial charge in [-0.25, -0.2) is 0 Å². The Kier molecular flexibility index (Phi) is 2.59. The average Bonchev–Trinajstić information content (AvgIpc) is 3.19. The highest BCUT2D eigenvalue weighted by Gasteiger charge is 2.38. The van der Waals surface area contributed by atoms with Crippen LogP contribution >= 0.6 is 11.3 Å². The third-order valence-electron chi connectivity index (χ3n) is 5.79. The highest BCUT2D eigenvalue weighted by atomic mass is 32.1. The van der Waals surface area contributed by atoms with Crippen molar-refractivity contribution in [1.82, 2.24) is 0 Å². The normalized spacial score (nSPS) is 21.4. The van der Waals surface area contributed by atoms with Gasteiger partial charge in [-0.2, -0.15) is 0 Å². The van der Waals surface area contributed by atoms with Gasteiger partial charge in [0.15, 0.2) is 0 Å². The number of likely N-dealkylation sites (N-methyl/N-ethyl adjacent to an activating group) is 1. The molecule has 0 saturated heterocycles. The highest BCUT2D eigenvalue weighted by molar-refractivity contribution is 7.26. The summed E-state index contributed by atoms with van der Waals surface area (Å²) in [6.07, 6.45) is 9.11. The van der Waals surface area contributed by atoms with E-state index in [2.05, 4.69) is 84.8 Å². The van der Waals surface area contributed by atoms with Crippen LogP contribution in [0.4, 0.5) is 5.69 Å². The van der Waals surface area contributed by atoms with Gasteiger partial charge in [-0.1, -0.05) is 66.8 Å². The number of nitrogens with zero attached hydrogens (tertiary/aromatic N) is 1. The molecule has 2 heteroatoms. The minimum Gasteiger partial charge on any atom is -0.366 e. The predicted octanol–water partition coefficient (Wildman–Crippen LogP) is 6.24. The lowest BCUT2D eigenvalue weighted by atomic mass is 9.87. The van der Waals surface area contributed by atoms with Crippen molar-refractivity contribution in [3.63, 3.8) is 0 Å². The minimum atomic E-state index is 0.430. The van der Waals surface area contributed by atoms with Crippen LogP contribution in [0.5, 0.6) is 0 Å². The fraction of sp³-hybridized carbons (Fsp3) is 0.130. The first-order chi connectivity index (χ1) is 12.3. The smallest absolute Gasteiger partial charge is 0.0598 e. The average molecular weight is 339 g/mol. The van der Waals surface area contributed by atoms with E-state index in [-0.39, 0.29) is 0 Å². The van der Waals surface area contributed by atoms with Crippen LogP contribution in [0.2, 0.25) is 0 Å². The molecule has 2 unspecified atom stereocenters. The summed E-state index contributed by atoms with van der Waals surface area (Å²) in [4.78, 5) is 2.49. The summed E-state index contributed by atoms with van der Waals surface area (Å²) in [5.41, 5.74) is 2.93. The van der Waals surface area contributed by atoms with Gasteiger partial charge in [0.2, 0.25) is 0 Å². The Bertz CT molecular complexity index is 1230. The fourth-order valence-electron chi connectivity index (χ4n) is 4.73. The molecule has 0 amide bonds. The SMILES string of the molecule is CN1c2c(c3ccccc3c3c2sc2ccccc23)C2C=CC=CC21. The van der Waals surface area contributed by atoms with Gasteiger partial charge in [-0.05, 0) is 22.4 Å². The zero-order valence-corrected chi connectivity index (χ0v) is 14.8. The molecule has 3 aromatic carbocycles. The molecule has 0 bridgehead atoms. The monoisotopic (exact) mass is 339 g/mol. The van der Waals surface area contributed by atoms with Crippen molar-refractivity contribution in [1.29, 1.82) is 0 Å². The first-order valence-corrected chi connectivity index (χ1v) is 9.60. The summed E-state index contributed by atoms with van der Waals surface area (Å²) in [5.74, 6) is 0.449. The Morgan fingerprint density at radius 2 is 1.56 bits per heavy atom. The molecule has 1 aliphatic carbocycles. The molecule has 2 aliphatic rings. The van der Waals surface area contributed by atoms with Crippen molar-refractivity contribution in [2.24, 2.45) is 0 Å². The first kappa shape index (κ1) is 13.7. The second-order valence-electron chi connectivity index (χ2n) is 7.01. The number of allylic oxidation sites excluding steroid dienone is 2. The number of fused-ring (bicyclic) bond motifs is 10. The maximum absolute atomic E-state index is 2.49. The second-order valence-corrected chi connectivity index (χ2v) is 8.06. The summed E-state index contributed by atoms with van der Waals surface area (Å²) in [6, 6.07) is 18.2. The molecule has 0 saturated carbocycles.